The zero-order chi connectivity index (χ0) is 25.7. The minimum atomic E-state index is -1.71. The zero-order valence-corrected chi connectivity index (χ0v) is 19.2. The summed E-state index contributed by atoms with van der Waals surface area (Å²) in [5.74, 6) is -5.85. The van der Waals surface area contributed by atoms with E-state index in [4.69, 9.17) is 21.7 Å². The molecule has 33 heavy (non-hydrogen) atoms. The third-order valence-corrected chi connectivity index (χ3v) is 5.16. The summed E-state index contributed by atoms with van der Waals surface area (Å²) in [6.45, 7) is 5.05. The van der Waals surface area contributed by atoms with Gasteiger partial charge in [0.2, 0.25) is 17.7 Å². The Bertz CT molecular complexity index is 687. The number of unbranched alkanes of at least 4 members (excludes halogenated alkanes) is 1. The lowest BCUT2D eigenvalue weighted by Crippen LogP contribution is -2.59. The van der Waals surface area contributed by atoms with Crippen LogP contribution in [0.15, 0.2) is 0 Å². The van der Waals surface area contributed by atoms with Crippen LogP contribution in [0.3, 0.4) is 0 Å². The molecule has 0 aromatic heterocycles. The molecule has 13 nitrogen and oxygen atoms in total. The van der Waals surface area contributed by atoms with Crippen molar-refractivity contribution in [1.82, 2.24) is 16.0 Å². The molecule has 0 aliphatic rings. The second kappa shape index (κ2) is 15.1. The van der Waals surface area contributed by atoms with Crippen molar-refractivity contribution in [3.8, 4) is 0 Å². The third-order valence-electron chi connectivity index (χ3n) is 5.16. The van der Waals surface area contributed by atoms with Gasteiger partial charge in [0.25, 0.3) is 0 Å². The first-order chi connectivity index (χ1) is 15.3. The van der Waals surface area contributed by atoms with E-state index in [0.717, 1.165) is 6.92 Å². The average Bonchev–Trinajstić information content (AvgIpc) is 2.73. The van der Waals surface area contributed by atoms with Gasteiger partial charge in [-0.1, -0.05) is 26.7 Å². The molecule has 0 aromatic carbocycles. The maximum absolute atomic E-state index is 12.9. The molecule has 0 aliphatic carbocycles. The van der Waals surface area contributed by atoms with Gasteiger partial charge in [-0.05, 0) is 32.2 Å². The number of aliphatic hydroxyl groups excluding tert-OH is 1. The van der Waals surface area contributed by atoms with E-state index in [0.29, 0.717) is 32.2 Å². The molecule has 0 aliphatic heterocycles. The Labute approximate surface area is 192 Å². The van der Waals surface area contributed by atoms with Crippen molar-refractivity contribution in [2.75, 3.05) is 6.54 Å². The number of nitrogens with one attached hydrogen (secondary N) is 3. The lowest BCUT2D eigenvalue weighted by molar-refractivity contribution is -0.146. The van der Waals surface area contributed by atoms with Crippen LogP contribution in [-0.4, -0.2) is 81.8 Å². The molecule has 0 saturated heterocycles. The van der Waals surface area contributed by atoms with Crippen LogP contribution in [0.5, 0.6) is 0 Å². The Morgan fingerprint density at radius 1 is 0.879 bits per heavy atom. The molecule has 0 aromatic rings. The molecule has 6 atom stereocenters. The Morgan fingerprint density at radius 2 is 1.45 bits per heavy atom. The van der Waals surface area contributed by atoms with Gasteiger partial charge in [-0.3, -0.25) is 19.2 Å². The van der Waals surface area contributed by atoms with E-state index in [1.54, 1.807) is 13.8 Å². The van der Waals surface area contributed by atoms with Crippen LogP contribution in [0.1, 0.15) is 52.9 Å². The van der Waals surface area contributed by atoms with Gasteiger partial charge in [0, 0.05) is 0 Å². The van der Waals surface area contributed by atoms with Gasteiger partial charge in [0.1, 0.15) is 12.1 Å². The number of rotatable bonds is 16. The first-order valence-electron chi connectivity index (χ1n) is 10.8. The minimum absolute atomic E-state index is 0.359. The number of carboxylic acid groups (broad SMARTS) is 2. The van der Waals surface area contributed by atoms with Gasteiger partial charge in [0.05, 0.1) is 18.6 Å². The predicted octanol–water partition coefficient (Wildman–Crippen LogP) is -2.12. The monoisotopic (exact) mass is 475 g/mol. The summed E-state index contributed by atoms with van der Waals surface area (Å²) in [6, 6.07) is -5.34. The number of carbonyl (C=O) groups is 5. The summed E-state index contributed by atoms with van der Waals surface area (Å²) in [7, 11) is 0. The fraction of sp³-hybridized carbons (Fsp3) is 0.750. The summed E-state index contributed by atoms with van der Waals surface area (Å²) in [6.07, 6.45) is -0.173. The van der Waals surface area contributed by atoms with E-state index in [9.17, 15) is 29.1 Å². The Morgan fingerprint density at radius 3 is 1.91 bits per heavy atom. The smallest absolute Gasteiger partial charge is 0.328 e. The topological polar surface area (TPSA) is 234 Å². The quantitative estimate of drug-likeness (QED) is 0.113. The highest BCUT2D eigenvalue weighted by molar-refractivity contribution is 5.95. The van der Waals surface area contributed by atoms with Crippen LogP contribution in [-0.2, 0) is 24.0 Å². The van der Waals surface area contributed by atoms with E-state index in [2.05, 4.69) is 10.6 Å². The lowest BCUT2D eigenvalue weighted by Gasteiger charge is -2.27. The van der Waals surface area contributed by atoms with Crippen molar-refractivity contribution in [2.45, 2.75) is 83.1 Å². The summed E-state index contributed by atoms with van der Waals surface area (Å²) < 4.78 is 0. The van der Waals surface area contributed by atoms with Gasteiger partial charge in [-0.25, -0.2) is 4.79 Å². The molecule has 0 rings (SSSR count). The van der Waals surface area contributed by atoms with Crippen molar-refractivity contribution in [1.29, 1.82) is 0 Å². The van der Waals surface area contributed by atoms with E-state index >= 15 is 0 Å². The number of carboxylic acids is 2. The SMILES string of the molecule is CCC(C)C(NC(=O)C(N)CCCCN)C(=O)NC(CC(=O)O)C(=O)NC(C(=O)O)C(C)O. The lowest BCUT2D eigenvalue weighted by atomic mass is 9.97. The van der Waals surface area contributed by atoms with Crippen molar-refractivity contribution in [3.63, 3.8) is 0 Å². The largest absolute Gasteiger partial charge is 0.481 e. The molecular weight excluding hydrogens is 438 g/mol. The standard InChI is InChI=1S/C20H37N5O8/c1-4-10(2)15(24-17(29)12(22)7-5-6-8-21)19(31)23-13(9-14(27)28)18(30)25-16(11(3)26)20(32)33/h10-13,15-16,26H,4-9,21-22H2,1-3H3,(H,23,31)(H,24,29)(H,25,30)(H,27,28)(H,32,33). The van der Waals surface area contributed by atoms with E-state index in [1.165, 1.54) is 0 Å². The molecule has 0 radical (unpaired) electrons. The third kappa shape index (κ3) is 11.1. The second-order valence-corrected chi connectivity index (χ2v) is 7.99. The van der Waals surface area contributed by atoms with Crippen molar-refractivity contribution < 1.29 is 39.3 Å². The van der Waals surface area contributed by atoms with Crippen molar-refractivity contribution in [3.05, 3.63) is 0 Å². The number of hydrogen-bond donors (Lipinski definition) is 8. The maximum atomic E-state index is 12.9. The van der Waals surface area contributed by atoms with Gasteiger partial charge in [0.15, 0.2) is 6.04 Å². The van der Waals surface area contributed by atoms with Gasteiger partial charge < -0.3 is 42.7 Å². The van der Waals surface area contributed by atoms with Crippen molar-refractivity contribution in [2.24, 2.45) is 17.4 Å². The van der Waals surface area contributed by atoms with Gasteiger partial charge in [-0.15, -0.1) is 0 Å². The van der Waals surface area contributed by atoms with E-state index in [1.807, 2.05) is 5.32 Å². The number of aliphatic hydroxyl groups is 1. The van der Waals surface area contributed by atoms with Crippen LogP contribution in [0.2, 0.25) is 0 Å². The van der Waals surface area contributed by atoms with Crippen LogP contribution in [0.25, 0.3) is 0 Å². The molecule has 190 valence electrons. The molecule has 10 N–H and O–H groups in total. The Kier molecular flexibility index (Phi) is 13.9. The summed E-state index contributed by atoms with van der Waals surface area (Å²) in [4.78, 5) is 60.3. The second-order valence-electron chi connectivity index (χ2n) is 7.99. The molecule has 0 heterocycles. The molecule has 0 spiro atoms. The summed E-state index contributed by atoms with van der Waals surface area (Å²) in [5, 5.41) is 34.6. The molecule has 0 bridgehead atoms. The highest BCUT2D eigenvalue weighted by Crippen LogP contribution is 2.10. The van der Waals surface area contributed by atoms with E-state index in [-0.39, 0.29) is 5.92 Å². The molecule has 13 heteroatoms. The molecular formula is C20H37N5O8. The number of nitrogens with two attached hydrogens (primary N) is 2. The molecule has 0 fully saturated rings. The Balaban J connectivity index is 5.48. The fourth-order valence-electron chi connectivity index (χ4n) is 2.89. The summed E-state index contributed by atoms with van der Waals surface area (Å²) in [5.41, 5.74) is 11.3. The molecule has 0 saturated carbocycles. The highest BCUT2D eigenvalue weighted by Gasteiger charge is 2.34. The van der Waals surface area contributed by atoms with E-state index < -0.39 is 66.4 Å². The van der Waals surface area contributed by atoms with Gasteiger partial charge >= 0.3 is 11.9 Å². The predicted molar refractivity (Wildman–Crippen MR) is 118 cm³/mol. The zero-order valence-electron chi connectivity index (χ0n) is 19.2. The van der Waals surface area contributed by atoms with Crippen LogP contribution < -0.4 is 27.4 Å². The number of amides is 3. The number of aliphatic carboxylic acids is 2. The van der Waals surface area contributed by atoms with Gasteiger partial charge in [-0.2, -0.15) is 0 Å². The first-order valence-corrected chi connectivity index (χ1v) is 10.8. The fourth-order valence-corrected chi connectivity index (χ4v) is 2.89. The minimum Gasteiger partial charge on any atom is -0.481 e. The number of carbonyl (C=O) groups excluding carboxylic acids is 3. The highest BCUT2D eigenvalue weighted by atomic mass is 16.4. The molecule has 3 amide bonds. The van der Waals surface area contributed by atoms with Crippen LogP contribution >= 0.6 is 0 Å². The van der Waals surface area contributed by atoms with Crippen LogP contribution in [0, 0.1) is 5.92 Å². The van der Waals surface area contributed by atoms with Crippen LogP contribution in [0.4, 0.5) is 0 Å². The Hall–Kier alpha value is -2.77. The summed E-state index contributed by atoms with van der Waals surface area (Å²) >= 11 is 0. The maximum Gasteiger partial charge on any atom is 0.328 e. The van der Waals surface area contributed by atoms with Crippen molar-refractivity contribution >= 4 is 29.7 Å². The first kappa shape index (κ1) is 30.2. The number of hydrogen-bond acceptors (Lipinski definition) is 8. The average molecular weight is 476 g/mol. The molecule has 6 unspecified atom stereocenters. The normalized spacial score (nSPS) is 16.4.